The van der Waals surface area contributed by atoms with E-state index >= 15 is 0 Å². The molecule has 120 valence electrons. The topological polar surface area (TPSA) is 64.9 Å². The molecule has 9 heteroatoms. The molecule has 0 unspecified atom stereocenters. The second kappa shape index (κ2) is 6.45. The first-order valence-electron chi connectivity index (χ1n) is 6.71. The minimum atomic E-state index is -0.938. The normalized spacial score (nSPS) is 11.0. The van der Waals surface area contributed by atoms with Crippen LogP contribution in [0.4, 0.5) is 14.6 Å². The zero-order valence-electron chi connectivity index (χ0n) is 12.1. The van der Waals surface area contributed by atoms with Crippen LogP contribution in [0, 0.1) is 11.6 Å². The van der Waals surface area contributed by atoms with Gasteiger partial charge in [0.1, 0.15) is 29.1 Å². The Balaban J connectivity index is 1.64. The first-order chi connectivity index (χ1) is 11.1. The standard InChI is InChI=1S/C14H12BrF2N5O/c1-22-14-11(12(15)21-22)13(19-7-20-14)18-4-5-23-8-2-3-9(16)10(17)6-8/h2-3,6-7H,4-5H2,1H3,(H,18,19,20). The zero-order valence-corrected chi connectivity index (χ0v) is 13.6. The Hall–Kier alpha value is -2.29. The van der Waals surface area contributed by atoms with Gasteiger partial charge in [0.25, 0.3) is 0 Å². The second-order valence-corrected chi connectivity index (χ2v) is 5.44. The number of nitrogens with zero attached hydrogens (tertiary/aromatic N) is 4. The van der Waals surface area contributed by atoms with Gasteiger partial charge in [-0.2, -0.15) is 5.10 Å². The van der Waals surface area contributed by atoms with E-state index in [-0.39, 0.29) is 12.4 Å². The molecule has 0 spiro atoms. The van der Waals surface area contributed by atoms with E-state index in [1.165, 1.54) is 12.4 Å². The zero-order chi connectivity index (χ0) is 16.4. The Morgan fingerprint density at radius 2 is 2.09 bits per heavy atom. The van der Waals surface area contributed by atoms with Crippen LogP contribution in [-0.2, 0) is 7.05 Å². The van der Waals surface area contributed by atoms with Gasteiger partial charge in [-0.25, -0.2) is 23.4 Å². The van der Waals surface area contributed by atoms with Crippen LogP contribution >= 0.6 is 15.9 Å². The average molecular weight is 384 g/mol. The van der Waals surface area contributed by atoms with E-state index in [0.29, 0.717) is 22.6 Å². The molecule has 0 aliphatic carbocycles. The summed E-state index contributed by atoms with van der Waals surface area (Å²) in [7, 11) is 1.79. The number of nitrogens with one attached hydrogen (secondary N) is 1. The number of aromatic nitrogens is 4. The number of hydrogen-bond acceptors (Lipinski definition) is 5. The minimum absolute atomic E-state index is 0.258. The number of anilines is 1. The highest BCUT2D eigenvalue weighted by Gasteiger charge is 2.12. The Morgan fingerprint density at radius 1 is 1.26 bits per heavy atom. The summed E-state index contributed by atoms with van der Waals surface area (Å²) in [4.78, 5) is 8.35. The molecule has 0 radical (unpaired) electrons. The maximum Gasteiger partial charge on any atom is 0.164 e. The predicted octanol–water partition coefficient (Wildman–Crippen LogP) is 2.89. The maximum atomic E-state index is 13.1. The fourth-order valence-electron chi connectivity index (χ4n) is 2.08. The lowest BCUT2D eigenvalue weighted by Gasteiger charge is -2.09. The Kier molecular flexibility index (Phi) is 4.37. The van der Waals surface area contributed by atoms with E-state index in [1.54, 1.807) is 11.7 Å². The van der Waals surface area contributed by atoms with Crippen molar-refractivity contribution < 1.29 is 13.5 Å². The summed E-state index contributed by atoms with van der Waals surface area (Å²) in [5.41, 5.74) is 0.691. The fraction of sp³-hybridized carbons (Fsp3) is 0.214. The Labute approximate surface area is 138 Å². The highest BCUT2D eigenvalue weighted by molar-refractivity contribution is 9.10. The number of rotatable bonds is 5. The van der Waals surface area contributed by atoms with E-state index < -0.39 is 11.6 Å². The molecular formula is C14H12BrF2N5O. The Bertz CT molecular complexity index is 855. The quantitative estimate of drug-likeness (QED) is 0.686. The van der Waals surface area contributed by atoms with Gasteiger partial charge in [0.05, 0.1) is 11.9 Å². The molecular weight excluding hydrogens is 372 g/mol. The van der Waals surface area contributed by atoms with Crippen LogP contribution in [0.2, 0.25) is 0 Å². The van der Waals surface area contributed by atoms with E-state index in [2.05, 4.69) is 36.3 Å². The lowest BCUT2D eigenvalue weighted by Crippen LogP contribution is -2.13. The summed E-state index contributed by atoms with van der Waals surface area (Å²) in [6.45, 7) is 0.681. The monoisotopic (exact) mass is 383 g/mol. The lowest BCUT2D eigenvalue weighted by atomic mass is 10.3. The number of fused-ring (bicyclic) bond motifs is 1. The smallest absolute Gasteiger partial charge is 0.164 e. The number of hydrogen-bond donors (Lipinski definition) is 1. The molecule has 0 aliphatic rings. The summed E-state index contributed by atoms with van der Waals surface area (Å²) in [5.74, 6) is -0.961. The molecule has 0 bridgehead atoms. The number of halogens is 3. The molecule has 3 aromatic rings. The fourth-order valence-corrected chi connectivity index (χ4v) is 2.68. The van der Waals surface area contributed by atoms with Gasteiger partial charge in [0.2, 0.25) is 0 Å². The van der Waals surface area contributed by atoms with Gasteiger partial charge < -0.3 is 10.1 Å². The van der Waals surface area contributed by atoms with Gasteiger partial charge in [-0.1, -0.05) is 0 Å². The van der Waals surface area contributed by atoms with Gasteiger partial charge >= 0.3 is 0 Å². The van der Waals surface area contributed by atoms with Gasteiger partial charge in [-0.05, 0) is 28.1 Å². The summed E-state index contributed by atoms with van der Waals surface area (Å²) in [6, 6.07) is 3.41. The van der Waals surface area contributed by atoms with Gasteiger partial charge in [-0.15, -0.1) is 0 Å². The predicted molar refractivity (Wildman–Crippen MR) is 84.3 cm³/mol. The molecule has 0 saturated carbocycles. The molecule has 0 saturated heterocycles. The van der Waals surface area contributed by atoms with Gasteiger partial charge in [0, 0.05) is 13.1 Å². The SMILES string of the molecule is Cn1nc(Br)c2c(NCCOc3ccc(F)c(F)c3)ncnc21. The molecule has 2 aromatic heterocycles. The van der Waals surface area contributed by atoms with Crippen molar-refractivity contribution in [1.29, 1.82) is 0 Å². The van der Waals surface area contributed by atoms with E-state index in [1.807, 2.05) is 0 Å². The van der Waals surface area contributed by atoms with Crippen molar-refractivity contribution in [3.05, 3.63) is 40.8 Å². The van der Waals surface area contributed by atoms with Crippen LogP contribution in [0.15, 0.2) is 29.1 Å². The molecule has 3 rings (SSSR count). The molecule has 6 nitrogen and oxygen atoms in total. The van der Waals surface area contributed by atoms with Crippen molar-refractivity contribution >= 4 is 32.8 Å². The number of aryl methyl sites for hydroxylation is 1. The van der Waals surface area contributed by atoms with Crippen LogP contribution in [0.5, 0.6) is 5.75 Å². The first-order valence-corrected chi connectivity index (χ1v) is 7.50. The summed E-state index contributed by atoms with van der Waals surface area (Å²) in [6.07, 6.45) is 1.44. The third-order valence-electron chi connectivity index (χ3n) is 3.13. The number of ether oxygens (including phenoxy) is 1. The van der Waals surface area contributed by atoms with Crippen molar-refractivity contribution in [1.82, 2.24) is 19.7 Å². The molecule has 1 N–H and O–H groups in total. The molecule has 0 aliphatic heterocycles. The highest BCUT2D eigenvalue weighted by atomic mass is 79.9. The average Bonchev–Trinajstić information content (AvgIpc) is 2.83. The lowest BCUT2D eigenvalue weighted by molar-refractivity contribution is 0.329. The first kappa shape index (κ1) is 15.6. The molecule has 0 amide bonds. The third kappa shape index (κ3) is 3.24. The molecule has 0 atom stereocenters. The van der Waals surface area contributed by atoms with Gasteiger partial charge in [-0.3, -0.25) is 0 Å². The minimum Gasteiger partial charge on any atom is -0.492 e. The van der Waals surface area contributed by atoms with Crippen molar-refractivity contribution in [2.45, 2.75) is 0 Å². The van der Waals surface area contributed by atoms with E-state index in [9.17, 15) is 8.78 Å². The maximum absolute atomic E-state index is 13.1. The summed E-state index contributed by atoms with van der Waals surface area (Å²) in [5, 5.41) is 8.10. The number of benzene rings is 1. The summed E-state index contributed by atoms with van der Waals surface area (Å²) >= 11 is 3.37. The molecule has 23 heavy (non-hydrogen) atoms. The van der Waals surface area contributed by atoms with Crippen molar-refractivity contribution in [3.63, 3.8) is 0 Å². The van der Waals surface area contributed by atoms with Crippen LogP contribution in [0.25, 0.3) is 11.0 Å². The van der Waals surface area contributed by atoms with Crippen LogP contribution < -0.4 is 10.1 Å². The third-order valence-corrected chi connectivity index (χ3v) is 3.69. The Morgan fingerprint density at radius 3 is 2.87 bits per heavy atom. The second-order valence-electron chi connectivity index (χ2n) is 4.69. The van der Waals surface area contributed by atoms with Crippen LogP contribution in [-0.4, -0.2) is 32.9 Å². The van der Waals surface area contributed by atoms with Gasteiger partial charge in [0.15, 0.2) is 17.3 Å². The summed E-state index contributed by atoms with van der Waals surface area (Å²) < 4.78 is 33.5. The van der Waals surface area contributed by atoms with E-state index in [0.717, 1.165) is 17.5 Å². The van der Waals surface area contributed by atoms with Crippen molar-refractivity contribution in [2.24, 2.45) is 7.05 Å². The molecule has 0 fully saturated rings. The van der Waals surface area contributed by atoms with Crippen molar-refractivity contribution in [2.75, 3.05) is 18.5 Å². The van der Waals surface area contributed by atoms with Crippen molar-refractivity contribution in [3.8, 4) is 5.75 Å². The van der Waals surface area contributed by atoms with E-state index in [4.69, 9.17) is 4.74 Å². The van der Waals surface area contributed by atoms with Crippen LogP contribution in [0.1, 0.15) is 0 Å². The molecule has 1 aromatic carbocycles. The molecule has 2 heterocycles. The van der Waals surface area contributed by atoms with Crippen LogP contribution in [0.3, 0.4) is 0 Å². The largest absolute Gasteiger partial charge is 0.492 e. The highest BCUT2D eigenvalue weighted by Crippen LogP contribution is 2.26.